The number of hydrogen-bond acceptors (Lipinski definition) is 13. The first-order chi connectivity index (χ1) is 22.3. The minimum absolute atomic E-state index is 0.0278. The number of hydrogen-bond donors (Lipinski definition) is 2. The van der Waals surface area contributed by atoms with Crippen LogP contribution in [0.5, 0.6) is 0 Å². The molecule has 0 unspecified atom stereocenters. The highest BCUT2D eigenvalue weighted by molar-refractivity contribution is 5.89. The molecule has 262 valence electrons. The molecule has 0 amide bonds. The number of fused-ring (bicyclic) bond motifs is 4. The van der Waals surface area contributed by atoms with Crippen LogP contribution in [-0.2, 0) is 47.6 Å². The molecule has 5 rings (SSSR count). The van der Waals surface area contributed by atoms with E-state index < -0.39 is 94.4 Å². The second kappa shape index (κ2) is 12.3. The maximum Gasteiger partial charge on any atom is 0.338 e. The van der Waals surface area contributed by atoms with E-state index in [-0.39, 0.29) is 30.6 Å². The van der Waals surface area contributed by atoms with Gasteiger partial charge in [0.05, 0.1) is 40.6 Å². The normalized spacial score (nSPS) is 37.0. The number of ether oxygens (including phenoxy) is 6. The van der Waals surface area contributed by atoms with E-state index >= 15 is 0 Å². The van der Waals surface area contributed by atoms with Crippen molar-refractivity contribution in [1.29, 1.82) is 0 Å². The quantitative estimate of drug-likeness (QED) is 0.245. The minimum atomic E-state index is -1.84. The molecular formula is C35H44O13. The molecule has 2 N–H and O–H groups in total. The van der Waals surface area contributed by atoms with Crippen LogP contribution in [0.2, 0.25) is 0 Å². The summed E-state index contributed by atoms with van der Waals surface area (Å²) < 4.78 is 36.7. The zero-order valence-electron chi connectivity index (χ0n) is 28.4. The van der Waals surface area contributed by atoms with Crippen molar-refractivity contribution in [1.82, 2.24) is 0 Å². The lowest BCUT2D eigenvalue weighted by Crippen LogP contribution is -2.79. The number of aliphatic hydroxyl groups is 2. The van der Waals surface area contributed by atoms with Gasteiger partial charge in [-0.05, 0) is 50.5 Å². The van der Waals surface area contributed by atoms with Gasteiger partial charge in [-0.3, -0.25) is 19.2 Å². The van der Waals surface area contributed by atoms with E-state index in [4.69, 9.17) is 28.4 Å². The van der Waals surface area contributed by atoms with Crippen molar-refractivity contribution in [2.45, 2.75) is 116 Å². The van der Waals surface area contributed by atoms with Crippen molar-refractivity contribution in [3.8, 4) is 0 Å². The van der Waals surface area contributed by atoms with E-state index in [9.17, 15) is 34.2 Å². The number of aliphatic hydroxyl groups excluding tert-OH is 1. The lowest BCUT2D eigenvalue weighted by Gasteiger charge is -2.65. The predicted octanol–water partition coefficient (Wildman–Crippen LogP) is 2.59. The summed E-state index contributed by atoms with van der Waals surface area (Å²) >= 11 is 0. The third kappa shape index (κ3) is 5.39. The second-order valence-electron chi connectivity index (χ2n) is 14.1. The molecule has 10 atom stereocenters. The van der Waals surface area contributed by atoms with Crippen LogP contribution in [0.1, 0.15) is 78.6 Å². The Bertz CT molecular complexity index is 1530. The summed E-state index contributed by atoms with van der Waals surface area (Å²) in [5, 5.41) is 23.9. The van der Waals surface area contributed by atoms with Gasteiger partial charge in [0.25, 0.3) is 0 Å². The largest absolute Gasteiger partial charge is 0.462 e. The van der Waals surface area contributed by atoms with Crippen LogP contribution in [0.25, 0.3) is 0 Å². The second-order valence-corrected chi connectivity index (χ2v) is 14.1. The van der Waals surface area contributed by atoms with E-state index in [1.54, 1.807) is 32.0 Å². The Morgan fingerprint density at radius 3 is 1.96 bits per heavy atom. The van der Waals surface area contributed by atoms with Gasteiger partial charge in [-0.1, -0.05) is 25.1 Å². The van der Waals surface area contributed by atoms with E-state index in [1.165, 1.54) is 46.8 Å². The maximum atomic E-state index is 13.9. The first-order valence-corrected chi connectivity index (χ1v) is 16.0. The summed E-state index contributed by atoms with van der Waals surface area (Å²) in [7, 11) is 0. The van der Waals surface area contributed by atoms with Crippen LogP contribution in [0.4, 0.5) is 0 Å². The summed E-state index contributed by atoms with van der Waals surface area (Å²) in [5.41, 5.74) is -6.14. The molecule has 1 aliphatic heterocycles. The van der Waals surface area contributed by atoms with Gasteiger partial charge in [-0.2, -0.15) is 0 Å². The highest BCUT2D eigenvalue weighted by Crippen LogP contribution is 2.68. The average molecular weight is 673 g/mol. The Kier molecular flexibility index (Phi) is 9.07. The highest BCUT2D eigenvalue weighted by atomic mass is 16.6. The molecule has 3 aliphatic carbocycles. The Labute approximate surface area is 278 Å². The fraction of sp³-hybridized carbons (Fsp3) is 0.629. The smallest absolute Gasteiger partial charge is 0.338 e. The van der Waals surface area contributed by atoms with Crippen LogP contribution in [0.15, 0.2) is 41.5 Å². The van der Waals surface area contributed by atoms with Crippen molar-refractivity contribution in [3.63, 3.8) is 0 Å². The van der Waals surface area contributed by atoms with Crippen LogP contribution in [0.3, 0.4) is 0 Å². The monoisotopic (exact) mass is 672 g/mol. The van der Waals surface area contributed by atoms with Crippen LogP contribution < -0.4 is 0 Å². The minimum Gasteiger partial charge on any atom is -0.462 e. The molecule has 13 heteroatoms. The molecular weight excluding hydrogens is 628 g/mol. The van der Waals surface area contributed by atoms with Crippen molar-refractivity contribution >= 4 is 29.8 Å². The Balaban J connectivity index is 1.93. The van der Waals surface area contributed by atoms with Gasteiger partial charge in [-0.15, -0.1) is 0 Å². The molecule has 48 heavy (non-hydrogen) atoms. The number of carbonyl (C=O) groups excluding carboxylic acids is 5. The average Bonchev–Trinajstić information content (AvgIpc) is 3.21. The van der Waals surface area contributed by atoms with E-state index in [2.05, 4.69) is 0 Å². The lowest BCUT2D eigenvalue weighted by molar-refractivity contribution is -0.352. The van der Waals surface area contributed by atoms with Crippen molar-refractivity contribution < 1.29 is 62.6 Å². The van der Waals surface area contributed by atoms with Crippen molar-refractivity contribution in [2.24, 2.45) is 16.7 Å². The van der Waals surface area contributed by atoms with Crippen molar-refractivity contribution in [2.75, 3.05) is 6.61 Å². The molecule has 1 aromatic rings. The molecule has 3 fully saturated rings. The maximum absolute atomic E-state index is 13.9. The van der Waals surface area contributed by atoms with Crippen molar-refractivity contribution in [3.05, 3.63) is 47.0 Å². The molecule has 1 heterocycles. The van der Waals surface area contributed by atoms with Crippen LogP contribution in [0, 0.1) is 16.7 Å². The predicted molar refractivity (Wildman–Crippen MR) is 165 cm³/mol. The third-order valence-corrected chi connectivity index (χ3v) is 10.8. The summed E-state index contributed by atoms with van der Waals surface area (Å²) in [6.07, 6.45) is -7.94. The van der Waals surface area contributed by atoms with E-state index in [0.29, 0.717) is 5.57 Å². The molecule has 0 bridgehead atoms. The standard InChI is InChI=1S/C35H44O13/c1-17-23(40)15-34(32(6,7)42)26(17)27(47-31(41)22-12-10-9-11-13-22)29(45-19(3)37)33(8)24(44-18(2)36)14-25-35(16-43-25,48-21(5)39)28(33)30(34)46-20(4)38/h9-13,23-25,27-30,40,42H,14-16H2,1-8H3/t23-,24+,25-,27+,28+,29-,30+,33-,34-,35-/m0/s1. The number of benzene rings is 1. The fourth-order valence-corrected chi connectivity index (χ4v) is 8.97. The molecule has 0 radical (unpaired) electrons. The molecule has 4 aliphatic rings. The van der Waals surface area contributed by atoms with E-state index in [1.807, 2.05) is 0 Å². The van der Waals surface area contributed by atoms with Gasteiger partial charge >= 0.3 is 29.8 Å². The van der Waals surface area contributed by atoms with Gasteiger partial charge in [0.1, 0.15) is 18.3 Å². The van der Waals surface area contributed by atoms with Gasteiger partial charge in [-0.25, -0.2) is 4.79 Å². The zero-order chi connectivity index (χ0) is 35.6. The lowest BCUT2D eigenvalue weighted by atomic mass is 9.49. The van der Waals surface area contributed by atoms with Gasteiger partial charge in [0, 0.05) is 34.1 Å². The summed E-state index contributed by atoms with van der Waals surface area (Å²) in [4.78, 5) is 65.7. The number of rotatable bonds is 7. The molecule has 1 saturated heterocycles. The molecule has 13 nitrogen and oxygen atoms in total. The highest BCUT2D eigenvalue weighted by Gasteiger charge is 2.80. The summed E-state index contributed by atoms with van der Waals surface area (Å²) in [6.45, 7) is 10.8. The molecule has 1 aromatic carbocycles. The Hall–Kier alpha value is -3.81. The zero-order valence-corrected chi connectivity index (χ0v) is 28.4. The molecule has 0 aromatic heterocycles. The van der Waals surface area contributed by atoms with Crippen LogP contribution in [-0.4, -0.2) is 94.5 Å². The van der Waals surface area contributed by atoms with Crippen LogP contribution >= 0.6 is 0 Å². The molecule has 2 saturated carbocycles. The fourth-order valence-electron chi connectivity index (χ4n) is 8.97. The Morgan fingerprint density at radius 1 is 0.875 bits per heavy atom. The summed E-state index contributed by atoms with van der Waals surface area (Å²) in [5.74, 6) is -4.96. The van der Waals surface area contributed by atoms with Gasteiger partial charge in [0.2, 0.25) is 0 Å². The first-order valence-electron chi connectivity index (χ1n) is 16.0. The SMILES string of the molecule is CC(=O)O[C@@H]1[C@H]2[C@]3(OC(C)=O)CO[C@H]3C[C@@H](OC(C)=O)[C@]2(C)[C@@H](OC(C)=O)[C@H](OC(=O)c2ccccc2)C2=C(C)[C@@H](O)C[C@]21C(C)(C)O. The Morgan fingerprint density at radius 2 is 1.46 bits per heavy atom. The van der Waals surface area contributed by atoms with Gasteiger partial charge in [0.15, 0.2) is 17.8 Å². The first kappa shape index (κ1) is 35.5. The molecule has 0 spiro atoms. The number of esters is 5. The topological polar surface area (TPSA) is 181 Å². The number of carbonyl (C=O) groups is 5. The van der Waals surface area contributed by atoms with Gasteiger partial charge < -0.3 is 38.6 Å². The summed E-state index contributed by atoms with van der Waals surface area (Å²) in [6, 6.07) is 8.08. The van der Waals surface area contributed by atoms with E-state index in [0.717, 1.165) is 6.92 Å². The third-order valence-electron chi connectivity index (χ3n) is 10.8.